The highest BCUT2D eigenvalue weighted by molar-refractivity contribution is 5.72. The zero-order chi connectivity index (χ0) is 18.8. The van der Waals surface area contributed by atoms with Crippen LogP contribution in [0.25, 0.3) is 0 Å². The van der Waals surface area contributed by atoms with Crippen molar-refractivity contribution in [3.63, 3.8) is 0 Å². The van der Waals surface area contributed by atoms with Crippen LogP contribution in [0.3, 0.4) is 0 Å². The molecule has 0 spiro atoms. The third-order valence-electron chi connectivity index (χ3n) is 5.99. The normalized spacial score (nSPS) is 39.6. The second kappa shape index (κ2) is 7.95. The third-order valence-corrected chi connectivity index (χ3v) is 5.99. The van der Waals surface area contributed by atoms with Crippen LogP contribution in [0.1, 0.15) is 52.9 Å². The molecule has 5 heteroatoms. The van der Waals surface area contributed by atoms with Crippen LogP contribution in [-0.4, -0.2) is 35.4 Å². The van der Waals surface area contributed by atoms with Crippen LogP contribution in [0.4, 0.5) is 0 Å². The van der Waals surface area contributed by atoms with Gasteiger partial charge in [-0.3, -0.25) is 9.59 Å². The van der Waals surface area contributed by atoms with Crippen LogP contribution < -0.4 is 0 Å². The predicted molar refractivity (Wildman–Crippen MR) is 97.1 cm³/mol. The number of hydrogen-bond acceptors (Lipinski definition) is 5. The average molecular weight is 362 g/mol. The Bertz CT molecular complexity index is 606. The van der Waals surface area contributed by atoms with Crippen molar-refractivity contribution < 1.29 is 24.2 Å². The molecule has 0 aromatic heterocycles. The molecule has 0 bridgehead atoms. The van der Waals surface area contributed by atoms with Gasteiger partial charge in [0.1, 0.15) is 12.2 Å². The summed E-state index contributed by atoms with van der Waals surface area (Å²) < 4.78 is 10.7. The molecule has 3 rings (SSSR count). The van der Waals surface area contributed by atoms with Crippen molar-refractivity contribution in [3.05, 3.63) is 23.8 Å². The third kappa shape index (κ3) is 4.37. The standard InChI is InChI=1S/C21H30O5/c1-12-8-15-5-4-13(2)18(21(15)19(23)9-12)7-6-16-10-17(25-14(3)22)11-20(24)26-16/h4-5,8,12-13,16-19,21,23H,6-7,9-11H2,1-3H3/t12-,13-,16+,17+,18-,19-,21-/m0/s1. The second-order valence-electron chi connectivity index (χ2n) is 8.22. The quantitative estimate of drug-likeness (QED) is 0.778. The number of carbonyl (C=O) groups is 2. The lowest BCUT2D eigenvalue weighted by Gasteiger charge is -2.42. The Balaban J connectivity index is 1.64. The Kier molecular flexibility index (Phi) is 5.86. The molecule has 0 radical (unpaired) electrons. The van der Waals surface area contributed by atoms with E-state index in [9.17, 15) is 14.7 Å². The summed E-state index contributed by atoms with van der Waals surface area (Å²) >= 11 is 0. The fourth-order valence-electron chi connectivity index (χ4n) is 4.86. The van der Waals surface area contributed by atoms with Crippen LogP contribution in [-0.2, 0) is 19.1 Å². The highest BCUT2D eigenvalue weighted by Gasteiger charge is 2.39. The second-order valence-corrected chi connectivity index (χ2v) is 8.22. The van der Waals surface area contributed by atoms with Crippen molar-refractivity contribution in [2.45, 2.75) is 71.2 Å². The molecule has 1 saturated heterocycles. The van der Waals surface area contributed by atoms with Gasteiger partial charge in [0, 0.05) is 19.3 Å². The average Bonchev–Trinajstić information content (AvgIpc) is 2.53. The van der Waals surface area contributed by atoms with Crippen molar-refractivity contribution in [2.24, 2.45) is 23.7 Å². The first-order chi connectivity index (χ1) is 12.3. The lowest BCUT2D eigenvalue weighted by atomic mass is 9.65. The van der Waals surface area contributed by atoms with Crippen molar-refractivity contribution >= 4 is 11.9 Å². The first-order valence-corrected chi connectivity index (χ1v) is 9.78. The zero-order valence-electron chi connectivity index (χ0n) is 15.9. The van der Waals surface area contributed by atoms with Gasteiger partial charge in [0.25, 0.3) is 0 Å². The summed E-state index contributed by atoms with van der Waals surface area (Å²) in [7, 11) is 0. The fourth-order valence-corrected chi connectivity index (χ4v) is 4.86. The Labute approximate surface area is 155 Å². The Morgan fingerprint density at radius 2 is 2.08 bits per heavy atom. The maximum absolute atomic E-state index is 11.8. The SMILES string of the molecule is CC(=O)O[C@H]1CC(=O)O[C@H](CC[C@@H]2[C@@H]3C(=C[C@H](C)C[C@@H]3O)C=C[C@@H]2C)C1. The molecular weight excluding hydrogens is 332 g/mol. The van der Waals surface area contributed by atoms with E-state index < -0.39 is 0 Å². The Morgan fingerprint density at radius 3 is 2.81 bits per heavy atom. The summed E-state index contributed by atoms with van der Waals surface area (Å²) in [5.74, 6) is 0.624. The van der Waals surface area contributed by atoms with E-state index in [0.717, 1.165) is 19.3 Å². The Morgan fingerprint density at radius 1 is 1.31 bits per heavy atom. The van der Waals surface area contributed by atoms with E-state index in [1.54, 1.807) is 0 Å². The molecule has 1 heterocycles. The summed E-state index contributed by atoms with van der Waals surface area (Å²) in [5.41, 5.74) is 1.25. The molecular formula is C21H30O5. The van der Waals surface area contributed by atoms with E-state index in [1.807, 2.05) is 0 Å². The summed E-state index contributed by atoms with van der Waals surface area (Å²) in [5, 5.41) is 10.7. The molecule has 1 N–H and O–H groups in total. The van der Waals surface area contributed by atoms with Gasteiger partial charge in [-0.15, -0.1) is 0 Å². The van der Waals surface area contributed by atoms with E-state index in [4.69, 9.17) is 9.47 Å². The van der Waals surface area contributed by atoms with E-state index in [0.29, 0.717) is 24.2 Å². The molecule has 0 amide bonds. The van der Waals surface area contributed by atoms with Gasteiger partial charge in [-0.2, -0.15) is 0 Å². The van der Waals surface area contributed by atoms with Crippen molar-refractivity contribution in [2.75, 3.05) is 0 Å². The minimum Gasteiger partial charge on any atom is -0.462 e. The van der Waals surface area contributed by atoms with Crippen LogP contribution in [0.5, 0.6) is 0 Å². The van der Waals surface area contributed by atoms with E-state index in [1.165, 1.54) is 12.5 Å². The molecule has 5 nitrogen and oxygen atoms in total. The highest BCUT2D eigenvalue weighted by atomic mass is 16.6. The summed E-state index contributed by atoms with van der Waals surface area (Å²) in [4.78, 5) is 23.0. The van der Waals surface area contributed by atoms with Gasteiger partial charge in [-0.25, -0.2) is 0 Å². The first-order valence-electron chi connectivity index (χ1n) is 9.78. The van der Waals surface area contributed by atoms with Crippen molar-refractivity contribution in [1.82, 2.24) is 0 Å². The zero-order valence-corrected chi connectivity index (χ0v) is 15.9. The fraction of sp³-hybridized carbons (Fsp3) is 0.714. The maximum Gasteiger partial charge on any atom is 0.309 e. The van der Waals surface area contributed by atoms with Gasteiger partial charge in [0.15, 0.2) is 0 Å². The number of carbonyl (C=O) groups excluding carboxylic acids is 2. The van der Waals surface area contributed by atoms with Crippen molar-refractivity contribution in [3.8, 4) is 0 Å². The van der Waals surface area contributed by atoms with E-state index >= 15 is 0 Å². The summed E-state index contributed by atoms with van der Waals surface area (Å²) in [6.07, 6.45) is 8.90. The number of ether oxygens (including phenoxy) is 2. The van der Waals surface area contributed by atoms with Crippen LogP contribution in [0.2, 0.25) is 0 Å². The monoisotopic (exact) mass is 362 g/mol. The number of aliphatic hydroxyl groups is 1. The van der Waals surface area contributed by atoms with E-state index in [-0.39, 0.29) is 42.6 Å². The molecule has 3 aliphatic rings. The molecule has 2 aliphatic carbocycles. The minimum absolute atomic E-state index is 0.144. The van der Waals surface area contributed by atoms with Crippen LogP contribution >= 0.6 is 0 Å². The topological polar surface area (TPSA) is 72.8 Å². The number of rotatable bonds is 4. The molecule has 0 unspecified atom stereocenters. The number of allylic oxidation sites excluding steroid dienone is 3. The maximum atomic E-state index is 11.8. The molecule has 1 fully saturated rings. The number of hydrogen-bond donors (Lipinski definition) is 1. The van der Waals surface area contributed by atoms with E-state index in [2.05, 4.69) is 32.1 Å². The molecule has 144 valence electrons. The van der Waals surface area contributed by atoms with Gasteiger partial charge in [-0.05, 0) is 42.6 Å². The summed E-state index contributed by atoms with van der Waals surface area (Å²) in [6.45, 7) is 5.70. The molecule has 26 heavy (non-hydrogen) atoms. The van der Waals surface area contributed by atoms with Crippen molar-refractivity contribution in [1.29, 1.82) is 0 Å². The Hall–Kier alpha value is -1.62. The predicted octanol–water partition coefficient (Wildman–Crippen LogP) is 3.17. The lowest BCUT2D eigenvalue weighted by Crippen LogP contribution is -2.39. The lowest BCUT2D eigenvalue weighted by molar-refractivity contribution is -0.168. The van der Waals surface area contributed by atoms with Crippen LogP contribution in [0.15, 0.2) is 23.8 Å². The largest absolute Gasteiger partial charge is 0.462 e. The number of cyclic esters (lactones) is 1. The van der Waals surface area contributed by atoms with Gasteiger partial charge >= 0.3 is 11.9 Å². The number of aliphatic hydroxyl groups excluding tert-OH is 1. The van der Waals surface area contributed by atoms with Gasteiger partial charge in [0.05, 0.1) is 12.5 Å². The molecule has 0 saturated carbocycles. The first kappa shape index (κ1) is 19.2. The van der Waals surface area contributed by atoms with Gasteiger partial charge < -0.3 is 14.6 Å². The smallest absolute Gasteiger partial charge is 0.309 e. The molecule has 1 aliphatic heterocycles. The molecule has 0 aromatic carbocycles. The minimum atomic E-state index is -0.376. The van der Waals surface area contributed by atoms with Crippen LogP contribution in [0, 0.1) is 23.7 Å². The van der Waals surface area contributed by atoms with Gasteiger partial charge in [0.2, 0.25) is 0 Å². The molecule has 0 aromatic rings. The summed E-state index contributed by atoms with van der Waals surface area (Å²) in [6, 6.07) is 0. The van der Waals surface area contributed by atoms with Gasteiger partial charge in [-0.1, -0.05) is 32.1 Å². The molecule has 7 atom stereocenters. The number of fused-ring (bicyclic) bond motifs is 1. The highest BCUT2D eigenvalue weighted by Crippen LogP contribution is 2.44. The number of esters is 2.